The van der Waals surface area contributed by atoms with Crippen LogP contribution >= 0.6 is 0 Å². The minimum atomic E-state index is -0.136. The summed E-state index contributed by atoms with van der Waals surface area (Å²) in [6.45, 7) is 8.43. The van der Waals surface area contributed by atoms with Gasteiger partial charge in [0.25, 0.3) is 5.91 Å². The highest BCUT2D eigenvalue weighted by molar-refractivity contribution is 5.98. The molecule has 2 atom stereocenters. The molecule has 6 heteroatoms. The number of pyridine rings is 1. The van der Waals surface area contributed by atoms with Crippen LogP contribution in [0.1, 0.15) is 49.3 Å². The lowest BCUT2D eigenvalue weighted by Crippen LogP contribution is -2.30. The van der Waals surface area contributed by atoms with Crippen molar-refractivity contribution in [3.8, 4) is 5.75 Å². The number of benzene rings is 1. The minimum absolute atomic E-state index is 0.118. The van der Waals surface area contributed by atoms with E-state index in [4.69, 9.17) is 4.74 Å². The fourth-order valence-corrected chi connectivity index (χ4v) is 3.81. The summed E-state index contributed by atoms with van der Waals surface area (Å²) in [5, 5.41) is 3.99. The van der Waals surface area contributed by atoms with Crippen LogP contribution in [0.2, 0.25) is 0 Å². The Kier molecular flexibility index (Phi) is 5.53. The van der Waals surface area contributed by atoms with Gasteiger partial charge < -0.3 is 15.0 Å². The topological polar surface area (TPSA) is 70.2 Å². The van der Waals surface area contributed by atoms with E-state index in [-0.39, 0.29) is 18.1 Å². The Morgan fingerprint density at radius 1 is 1.28 bits per heavy atom. The molecule has 3 heterocycles. The summed E-state index contributed by atoms with van der Waals surface area (Å²) in [6.07, 6.45) is 4.75. The zero-order chi connectivity index (χ0) is 20.4. The van der Waals surface area contributed by atoms with Crippen LogP contribution in [0, 0.1) is 0 Å². The molecular weight excluding hydrogens is 364 g/mol. The molecule has 2 N–H and O–H groups in total. The summed E-state index contributed by atoms with van der Waals surface area (Å²) in [6, 6.07) is 12.1. The molecule has 0 aliphatic carbocycles. The zero-order valence-corrected chi connectivity index (χ0v) is 17.2. The molecule has 29 heavy (non-hydrogen) atoms. The number of likely N-dealkylation sites (tertiary alicyclic amines) is 1. The maximum atomic E-state index is 12.7. The molecular formula is C23H28N4O2. The van der Waals surface area contributed by atoms with Crippen LogP contribution in [0.15, 0.2) is 48.8 Å². The highest BCUT2D eigenvalue weighted by Gasteiger charge is 2.25. The van der Waals surface area contributed by atoms with Crippen molar-refractivity contribution in [1.29, 1.82) is 0 Å². The van der Waals surface area contributed by atoms with E-state index in [2.05, 4.69) is 34.0 Å². The highest BCUT2D eigenvalue weighted by atomic mass is 16.5. The predicted octanol–water partition coefficient (Wildman–Crippen LogP) is 3.92. The highest BCUT2D eigenvalue weighted by Crippen LogP contribution is 2.25. The van der Waals surface area contributed by atoms with E-state index >= 15 is 0 Å². The van der Waals surface area contributed by atoms with Crippen LogP contribution in [0.3, 0.4) is 0 Å². The van der Waals surface area contributed by atoms with Gasteiger partial charge in [0.1, 0.15) is 17.5 Å². The molecule has 6 nitrogen and oxygen atoms in total. The van der Waals surface area contributed by atoms with E-state index in [1.165, 1.54) is 0 Å². The smallest absolute Gasteiger partial charge is 0.268 e. The molecule has 1 aromatic carbocycles. The Balaban J connectivity index is 1.43. The second-order valence-electron chi connectivity index (χ2n) is 8.03. The first-order valence-corrected chi connectivity index (χ1v) is 10.2. The predicted molar refractivity (Wildman–Crippen MR) is 114 cm³/mol. The Morgan fingerprint density at radius 2 is 2.14 bits per heavy atom. The second kappa shape index (κ2) is 8.25. The summed E-state index contributed by atoms with van der Waals surface area (Å²) < 4.78 is 6.19. The van der Waals surface area contributed by atoms with E-state index in [0.717, 1.165) is 41.7 Å². The molecule has 0 radical (unpaired) electrons. The average Bonchev–Trinajstić information content (AvgIpc) is 3.35. The van der Waals surface area contributed by atoms with Gasteiger partial charge in [-0.2, -0.15) is 0 Å². The van der Waals surface area contributed by atoms with Crippen molar-refractivity contribution in [3.63, 3.8) is 0 Å². The molecule has 1 fully saturated rings. The molecule has 152 valence electrons. The van der Waals surface area contributed by atoms with Gasteiger partial charge in [0, 0.05) is 42.4 Å². The number of carbonyl (C=O) groups is 1. The van der Waals surface area contributed by atoms with Crippen LogP contribution in [0.25, 0.3) is 10.9 Å². The number of hydrogen-bond donors (Lipinski definition) is 2. The molecule has 2 aromatic heterocycles. The van der Waals surface area contributed by atoms with E-state index in [0.29, 0.717) is 11.7 Å². The number of ether oxygens (including phenoxy) is 1. The van der Waals surface area contributed by atoms with Gasteiger partial charge >= 0.3 is 0 Å². The maximum Gasteiger partial charge on any atom is 0.268 e. The molecule has 2 unspecified atom stereocenters. The van der Waals surface area contributed by atoms with Crippen molar-refractivity contribution in [1.82, 2.24) is 20.2 Å². The third kappa shape index (κ3) is 4.43. The first-order valence-electron chi connectivity index (χ1n) is 10.2. The van der Waals surface area contributed by atoms with Gasteiger partial charge in [0.15, 0.2) is 0 Å². The van der Waals surface area contributed by atoms with Gasteiger partial charge in [-0.05, 0) is 63.1 Å². The summed E-state index contributed by atoms with van der Waals surface area (Å²) in [5.74, 6) is 0.714. The molecule has 1 amide bonds. The van der Waals surface area contributed by atoms with Crippen molar-refractivity contribution in [2.45, 2.75) is 45.4 Å². The normalized spacial score (nSPS) is 18.3. The Hall–Kier alpha value is -2.86. The largest absolute Gasteiger partial charge is 0.489 e. The van der Waals surface area contributed by atoms with Gasteiger partial charge in [-0.3, -0.25) is 14.7 Å². The summed E-state index contributed by atoms with van der Waals surface area (Å²) in [5.41, 5.74) is 2.44. The summed E-state index contributed by atoms with van der Waals surface area (Å²) >= 11 is 0. The van der Waals surface area contributed by atoms with Gasteiger partial charge in [0.05, 0.1) is 6.04 Å². The van der Waals surface area contributed by atoms with E-state index in [1.807, 2.05) is 43.3 Å². The molecule has 1 aliphatic rings. The summed E-state index contributed by atoms with van der Waals surface area (Å²) in [4.78, 5) is 22.4. The third-order valence-electron chi connectivity index (χ3n) is 5.58. The van der Waals surface area contributed by atoms with Crippen molar-refractivity contribution in [3.05, 3.63) is 60.0 Å². The Labute approximate surface area is 171 Å². The number of hydrogen-bond acceptors (Lipinski definition) is 4. The van der Waals surface area contributed by atoms with Crippen LogP contribution in [-0.4, -0.2) is 46.0 Å². The maximum absolute atomic E-state index is 12.7. The van der Waals surface area contributed by atoms with Crippen LogP contribution in [0.4, 0.5) is 0 Å². The molecule has 0 bridgehead atoms. The lowest BCUT2D eigenvalue weighted by molar-refractivity contribution is 0.0935. The van der Waals surface area contributed by atoms with E-state index in [1.54, 1.807) is 12.4 Å². The Morgan fingerprint density at radius 3 is 2.86 bits per heavy atom. The minimum Gasteiger partial charge on any atom is -0.489 e. The van der Waals surface area contributed by atoms with Gasteiger partial charge in [-0.25, -0.2) is 0 Å². The lowest BCUT2D eigenvalue weighted by Gasteiger charge is -2.20. The number of nitrogens with zero attached hydrogens (tertiary/aromatic N) is 2. The van der Waals surface area contributed by atoms with Crippen molar-refractivity contribution in [2.24, 2.45) is 0 Å². The summed E-state index contributed by atoms with van der Waals surface area (Å²) in [7, 11) is 0. The number of aromatic amines is 1. The second-order valence-corrected chi connectivity index (χ2v) is 8.03. The van der Waals surface area contributed by atoms with Crippen molar-refractivity contribution < 1.29 is 9.53 Å². The molecule has 0 spiro atoms. The van der Waals surface area contributed by atoms with Crippen LogP contribution in [0.5, 0.6) is 5.75 Å². The van der Waals surface area contributed by atoms with Gasteiger partial charge in [-0.15, -0.1) is 0 Å². The number of rotatable bonds is 6. The van der Waals surface area contributed by atoms with Crippen LogP contribution in [-0.2, 0) is 0 Å². The van der Waals surface area contributed by atoms with Gasteiger partial charge in [0.2, 0.25) is 0 Å². The van der Waals surface area contributed by atoms with Gasteiger partial charge in [-0.1, -0.05) is 6.07 Å². The number of H-pyrrole nitrogens is 1. The number of aromatic nitrogens is 2. The van der Waals surface area contributed by atoms with Crippen molar-refractivity contribution >= 4 is 16.8 Å². The molecule has 4 rings (SSSR count). The van der Waals surface area contributed by atoms with Crippen molar-refractivity contribution in [2.75, 3.05) is 13.1 Å². The number of carbonyl (C=O) groups excluding carboxylic acids is 1. The Bertz CT molecular complexity index is 983. The molecule has 1 aliphatic heterocycles. The first-order chi connectivity index (χ1) is 14.0. The number of nitrogens with one attached hydrogen (secondary N) is 2. The van der Waals surface area contributed by atoms with Crippen LogP contribution < -0.4 is 10.1 Å². The molecule has 0 saturated carbocycles. The molecule has 1 saturated heterocycles. The lowest BCUT2D eigenvalue weighted by atomic mass is 10.1. The van der Waals surface area contributed by atoms with E-state index < -0.39 is 0 Å². The first kappa shape index (κ1) is 19.5. The fourth-order valence-electron chi connectivity index (χ4n) is 3.81. The number of amides is 1. The quantitative estimate of drug-likeness (QED) is 0.667. The zero-order valence-electron chi connectivity index (χ0n) is 17.2. The fraction of sp³-hybridized carbons (Fsp3) is 0.391. The third-order valence-corrected chi connectivity index (χ3v) is 5.58. The standard InChI is InChI=1S/C23H28N4O2/c1-15(2)27-10-8-20(14-27)29-19-6-7-21-18(11-19)12-22(26-21)23(28)25-16(3)17-5-4-9-24-13-17/h4-7,9,11-13,15-16,20,26H,8,10,14H2,1-3H3,(H,25,28). The number of fused-ring (bicyclic) bond motifs is 1. The molecule has 3 aromatic rings. The SMILES string of the molecule is CC(NC(=O)c1cc2cc(OC3CCN(C(C)C)C3)ccc2[nH]1)c1cccnc1. The monoisotopic (exact) mass is 392 g/mol. The average molecular weight is 393 g/mol. The van der Waals surface area contributed by atoms with E-state index in [9.17, 15) is 4.79 Å².